The first-order valence-corrected chi connectivity index (χ1v) is 7.61. The fourth-order valence-electron chi connectivity index (χ4n) is 1.70. The van der Waals surface area contributed by atoms with Crippen LogP contribution in [0.3, 0.4) is 0 Å². The Hall–Kier alpha value is -1.80. The Bertz CT molecular complexity index is 806. The third-order valence-corrected chi connectivity index (χ3v) is 4.38. The average Bonchev–Trinajstić information content (AvgIpc) is 2.42. The van der Waals surface area contributed by atoms with Crippen LogP contribution in [0.25, 0.3) is 0 Å². The molecule has 3 nitrogen and oxygen atoms in total. The van der Waals surface area contributed by atoms with E-state index in [0.717, 1.165) is 30.3 Å². The molecule has 0 saturated carbocycles. The summed E-state index contributed by atoms with van der Waals surface area (Å²) in [6, 6.07) is 6.65. The Morgan fingerprint density at radius 1 is 1.05 bits per heavy atom. The quantitative estimate of drug-likeness (QED) is 0.836. The van der Waals surface area contributed by atoms with E-state index in [1.54, 1.807) is 0 Å². The molecule has 0 aliphatic heterocycles. The van der Waals surface area contributed by atoms with Crippen LogP contribution in [0.2, 0.25) is 5.02 Å². The predicted molar refractivity (Wildman–Crippen MR) is 73.7 cm³/mol. The number of sulfonamides is 1. The minimum Gasteiger partial charge on any atom is -0.280 e. The van der Waals surface area contributed by atoms with Crippen LogP contribution in [0.15, 0.2) is 47.4 Å². The molecule has 0 bridgehead atoms. The maximum Gasteiger partial charge on any atom is 0.417 e. The van der Waals surface area contributed by atoms with Gasteiger partial charge in [0.2, 0.25) is 0 Å². The molecule has 0 atom stereocenters. The van der Waals surface area contributed by atoms with Crippen molar-refractivity contribution in [3.8, 4) is 0 Å². The van der Waals surface area contributed by atoms with Gasteiger partial charge in [0.25, 0.3) is 10.0 Å². The fraction of sp³-hybridized carbons (Fsp3) is 0.0769. The van der Waals surface area contributed by atoms with Gasteiger partial charge in [-0.05, 0) is 30.3 Å². The summed E-state index contributed by atoms with van der Waals surface area (Å²) in [6.45, 7) is 0. The molecule has 0 aliphatic carbocycles. The molecule has 1 N–H and O–H groups in total. The number of rotatable bonds is 3. The van der Waals surface area contributed by atoms with Crippen LogP contribution in [0.5, 0.6) is 0 Å². The van der Waals surface area contributed by atoms with Crippen LogP contribution in [0, 0.1) is 5.82 Å². The molecule has 2 aromatic rings. The summed E-state index contributed by atoms with van der Waals surface area (Å²) in [7, 11) is -4.51. The molecule has 2 rings (SSSR count). The molecule has 0 heterocycles. The highest BCUT2D eigenvalue weighted by Crippen LogP contribution is 2.34. The molecule has 0 spiro atoms. The Morgan fingerprint density at radius 3 is 2.27 bits per heavy atom. The Labute approximate surface area is 128 Å². The summed E-state index contributed by atoms with van der Waals surface area (Å²) in [5.74, 6) is -0.777. The molecule has 0 fully saturated rings. The molecule has 0 amide bonds. The van der Waals surface area contributed by atoms with E-state index >= 15 is 0 Å². The van der Waals surface area contributed by atoms with E-state index in [9.17, 15) is 26.0 Å². The summed E-state index contributed by atoms with van der Waals surface area (Å²) in [5, 5.41) is -0.357. The number of nitrogens with one attached hydrogen (secondary N) is 1. The Kier molecular flexibility index (Phi) is 4.35. The van der Waals surface area contributed by atoms with Crippen LogP contribution in [-0.2, 0) is 16.2 Å². The van der Waals surface area contributed by atoms with Crippen LogP contribution in [0.4, 0.5) is 23.2 Å². The molecule has 118 valence electrons. The second-order valence-electron chi connectivity index (χ2n) is 4.23. The molecular formula is C13H8ClF4NO2S. The van der Waals surface area contributed by atoms with Gasteiger partial charge in [0.1, 0.15) is 5.82 Å². The van der Waals surface area contributed by atoms with Crippen LogP contribution in [-0.4, -0.2) is 8.42 Å². The molecule has 22 heavy (non-hydrogen) atoms. The van der Waals surface area contributed by atoms with Crippen molar-refractivity contribution in [2.75, 3.05) is 4.72 Å². The van der Waals surface area contributed by atoms with Gasteiger partial charge in [0.05, 0.1) is 21.2 Å². The largest absolute Gasteiger partial charge is 0.417 e. The van der Waals surface area contributed by atoms with Crippen molar-refractivity contribution < 1.29 is 26.0 Å². The zero-order chi connectivity index (χ0) is 16.5. The Balaban J connectivity index is 2.45. The third kappa shape index (κ3) is 3.50. The van der Waals surface area contributed by atoms with Gasteiger partial charge in [0, 0.05) is 0 Å². The zero-order valence-electron chi connectivity index (χ0n) is 10.7. The van der Waals surface area contributed by atoms with Crippen LogP contribution >= 0.6 is 11.6 Å². The standard InChI is InChI=1S/C13H8ClF4NO2S/c14-10-7-8(5-6-11(10)15)19-22(20,21)12-4-2-1-3-9(12)13(16,17)18/h1-7,19H. The first kappa shape index (κ1) is 16.6. The highest BCUT2D eigenvalue weighted by atomic mass is 35.5. The highest BCUT2D eigenvalue weighted by molar-refractivity contribution is 7.92. The molecule has 0 aromatic heterocycles. The SMILES string of the molecule is O=S(=O)(Nc1ccc(F)c(Cl)c1)c1ccccc1C(F)(F)F. The number of anilines is 1. The minimum atomic E-state index is -4.83. The van der Waals surface area contributed by atoms with E-state index in [4.69, 9.17) is 11.6 Å². The molecule has 0 saturated heterocycles. The molecule has 2 aromatic carbocycles. The number of hydrogen-bond donors (Lipinski definition) is 1. The van der Waals surface area contributed by atoms with Gasteiger partial charge in [0.15, 0.2) is 0 Å². The summed E-state index contributed by atoms with van der Waals surface area (Å²) < 4.78 is 77.8. The van der Waals surface area contributed by atoms with Crippen LogP contribution in [0.1, 0.15) is 5.56 Å². The maximum absolute atomic E-state index is 13.0. The van der Waals surface area contributed by atoms with E-state index in [1.807, 2.05) is 4.72 Å². The normalized spacial score (nSPS) is 12.2. The van der Waals surface area contributed by atoms with Crippen molar-refractivity contribution in [2.24, 2.45) is 0 Å². The smallest absolute Gasteiger partial charge is 0.280 e. The van der Waals surface area contributed by atoms with Crippen LogP contribution < -0.4 is 4.72 Å². The van der Waals surface area contributed by atoms with Crippen molar-refractivity contribution in [1.82, 2.24) is 0 Å². The average molecular weight is 354 g/mol. The number of hydrogen-bond acceptors (Lipinski definition) is 2. The fourth-order valence-corrected chi connectivity index (χ4v) is 3.16. The van der Waals surface area contributed by atoms with Crippen molar-refractivity contribution in [2.45, 2.75) is 11.1 Å². The summed E-state index contributed by atoms with van der Waals surface area (Å²) in [4.78, 5) is -0.928. The molecule has 0 aliphatic rings. The van der Waals surface area contributed by atoms with Crippen molar-refractivity contribution in [3.63, 3.8) is 0 Å². The lowest BCUT2D eigenvalue weighted by Crippen LogP contribution is -2.18. The topological polar surface area (TPSA) is 46.2 Å². The first-order valence-electron chi connectivity index (χ1n) is 5.75. The summed E-state index contributed by atoms with van der Waals surface area (Å²) in [5.41, 5.74) is -1.45. The van der Waals surface area contributed by atoms with Gasteiger partial charge in [-0.1, -0.05) is 23.7 Å². The lowest BCUT2D eigenvalue weighted by atomic mass is 10.2. The molecule has 0 radical (unpaired) electrons. The van der Waals surface area contributed by atoms with Gasteiger partial charge in [-0.3, -0.25) is 4.72 Å². The van der Waals surface area contributed by atoms with Gasteiger partial charge in [-0.15, -0.1) is 0 Å². The van der Waals surface area contributed by atoms with E-state index in [2.05, 4.69) is 0 Å². The first-order chi connectivity index (χ1) is 10.1. The van der Waals surface area contributed by atoms with Gasteiger partial charge < -0.3 is 0 Å². The number of halogens is 5. The Morgan fingerprint density at radius 2 is 1.68 bits per heavy atom. The third-order valence-electron chi connectivity index (χ3n) is 2.65. The monoisotopic (exact) mass is 353 g/mol. The summed E-state index contributed by atoms with van der Waals surface area (Å²) >= 11 is 5.50. The molecule has 9 heteroatoms. The van der Waals surface area contributed by atoms with E-state index in [-0.39, 0.29) is 10.7 Å². The van der Waals surface area contributed by atoms with Crippen molar-refractivity contribution >= 4 is 27.3 Å². The number of benzene rings is 2. The predicted octanol–water partition coefficient (Wildman–Crippen LogP) is 4.30. The molecular weight excluding hydrogens is 346 g/mol. The second-order valence-corrected chi connectivity index (χ2v) is 6.29. The second kappa shape index (κ2) is 5.77. The van der Waals surface area contributed by atoms with E-state index in [0.29, 0.717) is 6.07 Å². The number of alkyl halides is 3. The van der Waals surface area contributed by atoms with Gasteiger partial charge in [-0.25, -0.2) is 12.8 Å². The lowest BCUT2D eigenvalue weighted by Gasteiger charge is -2.14. The minimum absolute atomic E-state index is 0.150. The van der Waals surface area contributed by atoms with Crippen molar-refractivity contribution in [3.05, 3.63) is 58.9 Å². The molecule has 0 unspecified atom stereocenters. The van der Waals surface area contributed by atoms with E-state index in [1.165, 1.54) is 6.07 Å². The maximum atomic E-state index is 13.0. The summed E-state index contributed by atoms with van der Waals surface area (Å²) in [6.07, 6.45) is -4.83. The highest BCUT2D eigenvalue weighted by Gasteiger charge is 2.36. The van der Waals surface area contributed by atoms with Gasteiger partial charge >= 0.3 is 6.18 Å². The van der Waals surface area contributed by atoms with Gasteiger partial charge in [-0.2, -0.15) is 13.2 Å². The van der Waals surface area contributed by atoms with Crippen molar-refractivity contribution in [1.29, 1.82) is 0 Å². The zero-order valence-corrected chi connectivity index (χ0v) is 12.2. The lowest BCUT2D eigenvalue weighted by molar-refractivity contribution is -0.139. The van der Waals surface area contributed by atoms with E-state index < -0.39 is 32.5 Å².